The van der Waals surface area contributed by atoms with Gasteiger partial charge in [-0.05, 0) is 24.3 Å². The van der Waals surface area contributed by atoms with Gasteiger partial charge < -0.3 is 9.47 Å². The van der Waals surface area contributed by atoms with E-state index in [1.54, 1.807) is 24.3 Å². The van der Waals surface area contributed by atoms with Crippen LogP contribution in [-0.2, 0) is 4.74 Å². The van der Waals surface area contributed by atoms with Crippen molar-refractivity contribution in [1.82, 2.24) is 0 Å². The maximum atomic E-state index is 13.3. The molecule has 2 aromatic rings. The Morgan fingerprint density at radius 1 is 1.14 bits per heavy atom. The molecule has 1 N–H and O–H groups in total. The number of hydrogen-bond donors (Lipinski definition) is 1. The minimum atomic E-state index is -0.885. The number of anilines is 1. The van der Waals surface area contributed by atoms with Gasteiger partial charge in [0.1, 0.15) is 30.6 Å². The molecule has 22 heavy (non-hydrogen) atoms. The molecule has 1 amide bonds. The molecule has 2 rings (SSSR count). The van der Waals surface area contributed by atoms with Crippen LogP contribution < -0.4 is 10.1 Å². The van der Waals surface area contributed by atoms with E-state index < -0.39 is 17.7 Å². The summed E-state index contributed by atoms with van der Waals surface area (Å²) in [7, 11) is 0. The Balaban J connectivity index is 1.75. The molecule has 0 saturated carbocycles. The van der Waals surface area contributed by atoms with E-state index in [0.717, 1.165) is 12.1 Å². The second-order valence-electron chi connectivity index (χ2n) is 4.16. The highest BCUT2D eigenvalue weighted by atomic mass is 35.5. The highest BCUT2D eigenvalue weighted by molar-refractivity contribution is 6.32. The van der Waals surface area contributed by atoms with Crippen LogP contribution >= 0.6 is 11.6 Å². The number of carbonyl (C=O) groups is 1. The summed E-state index contributed by atoms with van der Waals surface area (Å²) in [6, 6.07) is 9.65. The molecular weight excluding hydrogens is 316 g/mol. The standard InChI is InChI=1S/C15H12ClF2NO3/c16-11-3-1-2-4-14(11)21-7-8-22-15(20)19-13-6-5-10(17)9-12(13)18/h1-6,9H,7-8H2,(H,19,20). The van der Waals surface area contributed by atoms with E-state index in [1.807, 2.05) is 0 Å². The summed E-state index contributed by atoms with van der Waals surface area (Å²) in [4.78, 5) is 11.5. The SMILES string of the molecule is O=C(Nc1ccc(F)cc1F)OCCOc1ccccc1Cl. The largest absolute Gasteiger partial charge is 0.488 e. The summed E-state index contributed by atoms with van der Waals surface area (Å²) in [5.74, 6) is -1.15. The molecule has 0 atom stereocenters. The molecule has 0 aliphatic heterocycles. The Hall–Kier alpha value is -2.34. The van der Waals surface area contributed by atoms with Gasteiger partial charge in [0.15, 0.2) is 0 Å². The van der Waals surface area contributed by atoms with E-state index in [1.165, 1.54) is 0 Å². The first-order valence-corrected chi connectivity index (χ1v) is 6.70. The maximum Gasteiger partial charge on any atom is 0.411 e. The summed E-state index contributed by atoms with van der Waals surface area (Å²) >= 11 is 5.89. The Morgan fingerprint density at radius 3 is 2.64 bits per heavy atom. The monoisotopic (exact) mass is 327 g/mol. The minimum Gasteiger partial charge on any atom is -0.488 e. The first-order chi connectivity index (χ1) is 10.6. The van der Waals surface area contributed by atoms with Gasteiger partial charge in [0, 0.05) is 6.07 Å². The smallest absolute Gasteiger partial charge is 0.411 e. The van der Waals surface area contributed by atoms with E-state index >= 15 is 0 Å². The Labute approximate surface area is 130 Å². The number of hydrogen-bond acceptors (Lipinski definition) is 3. The van der Waals surface area contributed by atoms with E-state index in [2.05, 4.69) is 5.32 Å². The van der Waals surface area contributed by atoms with Crippen LogP contribution in [0.5, 0.6) is 5.75 Å². The fourth-order valence-corrected chi connectivity index (χ4v) is 1.77. The lowest BCUT2D eigenvalue weighted by Gasteiger charge is -2.09. The predicted octanol–water partition coefficient (Wildman–Crippen LogP) is 4.25. The van der Waals surface area contributed by atoms with Gasteiger partial charge >= 0.3 is 6.09 Å². The van der Waals surface area contributed by atoms with Gasteiger partial charge in [-0.2, -0.15) is 0 Å². The van der Waals surface area contributed by atoms with E-state index in [9.17, 15) is 13.6 Å². The van der Waals surface area contributed by atoms with Crippen LogP contribution in [0.4, 0.5) is 19.3 Å². The molecular formula is C15H12ClF2NO3. The molecule has 0 fully saturated rings. The van der Waals surface area contributed by atoms with Crippen molar-refractivity contribution in [2.75, 3.05) is 18.5 Å². The molecule has 0 unspecified atom stereocenters. The summed E-state index contributed by atoms with van der Waals surface area (Å²) in [6.45, 7) is 0.0307. The molecule has 0 aliphatic rings. The molecule has 7 heteroatoms. The topological polar surface area (TPSA) is 47.6 Å². The number of halogens is 3. The van der Waals surface area contributed by atoms with Crippen LogP contribution in [0, 0.1) is 11.6 Å². The number of benzene rings is 2. The average Bonchev–Trinajstić information content (AvgIpc) is 2.48. The number of ether oxygens (including phenoxy) is 2. The van der Waals surface area contributed by atoms with Crippen LogP contribution in [0.2, 0.25) is 5.02 Å². The summed E-state index contributed by atoms with van der Waals surface area (Å²) in [5, 5.41) is 2.61. The van der Waals surface area contributed by atoms with Gasteiger partial charge in [0.25, 0.3) is 0 Å². The second-order valence-corrected chi connectivity index (χ2v) is 4.57. The highest BCUT2D eigenvalue weighted by Crippen LogP contribution is 2.22. The van der Waals surface area contributed by atoms with E-state index in [0.29, 0.717) is 16.8 Å². The molecule has 0 heterocycles. The fourth-order valence-electron chi connectivity index (χ4n) is 1.58. The average molecular weight is 328 g/mol. The molecule has 0 spiro atoms. The number of nitrogens with one attached hydrogen (secondary N) is 1. The zero-order valence-corrected chi connectivity index (χ0v) is 12.1. The third-order valence-corrected chi connectivity index (χ3v) is 2.89. The maximum absolute atomic E-state index is 13.3. The van der Waals surface area contributed by atoms with Crippen LogP contribution in [0.25, 0.3) is 0 Å². The third-order valence-electron chi connectivity index (χ3n) is 2.58. The lowest BCUT2D eigenvalue weighted by molar-refractivity contribution is 0.137. The van der Waals surface area contributed by atoms with E-state index in [4.69, 9.17) is 21.1 Å². The zero-order valence-electron chi connectivity index (χ0n) is 11.3. The highest BCUT2D eigenvalue weighted by Gasteiger charge is 2.09. The van der Waals surface area contributed by atoms with Crippen molar-refractivity contribution in [1.29, 1.82) is 0 Å². The van der Waals surface area contributed by atoms with Crippen molar-refractivity contribution in [3.8, 4) is 5.75 Å². The van der Waals surface area contributed by atoms with Crippen LogP contribution in [0.1, 0.15) is 0 Å². The molecule has 116 valence electrons. The fraction of sp³-hybridized carbons (Fsp3) is 0.133. The Kier molecular flexibility index (Phi) is 5.55. The molecule has 2 aromatic carbocycles. The van der Waals surface area contributed by atoms with Gasteiger partial charge in [-0.1, -0.05) is 23.7 Å². The third kappa shape index (κ3) is 4.60. The molecule has 0 aromatic heterocycles. The van der Waals surface area contributed by atoms with Crippen LogP contribution in [-0.4, -0.2) is 19.3 Å². The van der Waals surface area contributed by atoms with Crippen molar-refractivity contribution >= 4 is 23.4 Å². The Morgan fingerprint density at radius 2 is 1.91 bits per heavy atom. The van der Waals surface area contributed by atoms with Crippen molar-refractivity contribution in [2.45, 2.75) is 0 Å². The van der Waals surface area contributed by atoms with Gasteiger partial charge in [0.2, 0.25) is 0 Å². The minimum absolute atomic E-state index is 0.0557. The lowest BCUT2D eigenvalue weighted by Crippen LogP contribution is -2.18. The number of carbonyl (C=O) groups excluding carboxylic acids is 1. The number of amides is 1. The number of para-hydroxylation sites is 1. The molecule has 0 saturated heterocycles. The Bertz CT molecular complexity index is 667. The van der Waals surface area contributed by atoms with Crippen LogP contribution in [0.3, 0.4) is 0 Å². The quantitative estimate of drug-likeness (QED) is 0.835. The predicted molar refractivity (Wildman–Crippen MR) is 78.3 cm³/mol. The molecule has 4 nitrogen and oxygen atoms in total. The van der Waals surface area contributed by atoms with Crippen molar-refractivity contribution in [3.63, 3.8) is 0 Å². The van der Waals surface area contributed by atoms with E-state index in [-0.39, 0.29) is 18.9 Å². The van der Waals surface area contributed by atoms with Gasteiger partial charge in [-0.15, -0.1) is 0 Å². The number of rotatable bonds is 5. The lowest BCUT2D eigenvalue weighted by atomic mass is 10.3. The molecule has 0 bridgehead atoms. The van der Waals surface area contributed by atoms with Crippen molar-refractivity contribution in [2.24, 2.45) is 0 Å². The molecule has 0 aliphatic carbocycles. The van der Waals surface area contributed by atoms with Crippen molar-refractivity contribution in [3.05, 3.63) is 59.1 Å². The second kappa shape index (κ2) is 7.61. The summed E-state index contributed by atoms with van der Waals surface area (Å²) in [5.41, 5.74) is -0.168. The first kappa shape index (κ1) is 16.0. The summed E-state index contributed by atoms with van der Waals surface area (Å²) in [6.07, 6.45) is -0.867. The molecule has 0 radical (unpaired) electrons. The van der Waals surface area contributed by atoms with Gasteiger partial charge in [0.05, 0.1) is 10.7 Å². The normalized spacial score (nSPS) is 10.1. The van der Waals surface area contributed by atoms with Gasteiger partial charge in [-0.25, -0.2) is 13.6 Å². The van der Waals surface area contributed by atoms with Crippen molar-refractivity contribution < 1.29 is 23.0 Å². The summed E-state index contributed by atoms with van der Waals surface area (Å²) < 4.78 is 36.2. The van der Waals surface area contributed by atoms with Crippen LogP contribution in [0.15, 0.2) is 42.5 Å². The van der Waals surface area contributed by atoms with Gasteiger partial charge in [-0.3, -0.25) is 5.32 Å². The zero-order chi connectivity index (χ0) is 15.9. The first-order valence-electron chi connectivity index (χ1n) is 6.32.